The molecular formula is C16H13N3O2. The van der Waals surface area contributed by atoms with E-state index in [0.717, 1.165) is 10.9 Å². The number of benzene rings is 2. The van der Waals surface area contributed by atoms with Gasteiger partial charge in [-0.2, -0.15) is 5.11 Å². The standard InChI is InChI=1S/C16H13N3O2/c20-13-7-5-12(15(21)9-13)10-17-19-16-8-6-11-3-1-2-4-14(11)18-16/h1-9,20-21H,10H2. The van der Waals surface area contributed by atoms with Gasteiger partial charge in [0, 0.05) is 17.0 Å². The topological polar surface area (TPSA) is 78.1 Å². The molecule has 0 radical (unpaired) electrons. The average molecular weight is 279 g/mol. The van der Waals surface area contributed by atoms with Crippen LogP contribution in [0.4, 0.5) is 5.82 Å². The molecule has 0 aliphatic rings. The van der Waals surface area contributed by atoms with Crippen molar-refractivity contribution in [1.82, 2.24) is 4.98 Å². The third-order valence-electron chi connectivity index (χ3n) is 3.07. The summed E-state index contributed by atoms with van der Waals surface area (Å²) in [6.45, 7) is 0.223. The Bertz CT molecular complexity index is 815. The molecule has 5 nitrogen and oxygen atoms in total. The summed E-state index contributed by atoms with van der Waals surface area (Å²) in [4.78, 5) is 4.38. The fourth-order valence-electron chi connectivity index (χ4n) is 1.98. The Hall–Kier alpha value is -2.95. The molecule has 1 heterocycles. The van der Waals surface area contributed by atoms with E-state index in [-0.39, 0.29) is 18.0 Å². The van der Waals surface area contributed by atoms with Crippen LogP contribution in [0.2, 0.25) is 0 Å². The zero-order valence-corrected chi connectivity index (χ0v) is 11.1. The van der Waals surface area contributed by atoms with Crippen molar-refractivity contribution in [3.05, 3.63) is 60.2 Å². The van der Waals surface area contributed by atoms with Gasteiger partial charge in [0.1, 0.15) is 11.5 Å². The van der Waals surface area contributed by atoms with Gasteiger partial charge in [0.2, 0.25) is 0 Å². The Labute approximate surface area is 121 Å². The van der Waals surface area contributed by atoms with Gasteiger partial charge < -0.3 is 10.2 Å². The van der Waals surface area contributed by atoms with Crippen molar-refractivity contribution in [2.24, 2.45) is 10.2 Å². The maximum atomic E-state index is 9.65. The predicted molar refractivity (Wildman–Crippen MR) is 79.7 cm³/mol. The van der Waals surface area contributed by atoms with Gasteiger partial charge in [0.15, 0.2) is 5.82 Å². The number of pyridine rings is 1. The first-order valence-corrected chi connectivity index (χ1v) is 6.46. The summed E-state index contributed by atoms with van der Waals surface area (Å²) in [5, 5.41) is 28.0. The van der Waals surface area contributed by atoms with Crippen molar-refractivity contribution in [2.45, 2.75) is 6.54 Å². The second-order valence-electron chi connectivity index (χ2n) is 4.57. The quantitative estimate of drug-likeness (QED) is 0.713. The summed E-state index contributed by atoms with van der Waals surface area (Å²) in [5.41, 5.74) is 1.46. The molecular weight excluding hydrogens is 266 g/mol. The van der Waals surface area contributed by atoms with E-state index < -0.39 is 0 Å². The number of fused-ring (bicyclic) bond motifs is 1. The minimum absolute atomic E-state index is 0.000389. The van der Waals surface area contributed by atoms with E-state index >= 15 is 0 Å². The van der Waals surface area contributed by atoms with Crippen LogP contribution in [-0.2, 0) is 6.54 Å². The van der Waals surface area contributed by atoms with Crippen LogP contribution >= 0.6 is 0 Å². The van der Waals surface area contributed by atoms with Crippen LogP contribution in [0.3, 0.4) is 0 Å². The molecule has 0 aliphatic carbocycles. The van der Waals surface area contributed by atoms with Crippen LogP contribution in [0.15, 0.2) is 64.8 Å². The Morgan fingerprint density at radius 1 is 0.952 bits per heavy atom. The summed E-state index contributed by atoms with van der Waals surface area (Å²) >= 11 is 0. The van der Waals surface area contributed by atoms with E-state index in [1.54, 1.807) is 12.1 Å². The molecule has 0 spiro atoms. The summed E-state index contributed by atoms with van der Waals surface area (Å²) in [6, 6.07) is 15.9. The lowest BCUT2D eigenvalue weighted by Gasteiger charge is -2.01. The fraction of sp³-hybridized carbons (Fsp3) is 0.0625. The Morgan fingerprint density at radius 3 is 2.67 bits per heavy atom. The van der Waals surface area contributed by atoms with Gasteiger partial charge in [0.05, 0.1) is 12.1 Å². The van der Waals surface area contributed by atoms with Gasteiger partial charge >= 0.3 is 0 Å². The average Bonchev–Trinajstić information content (AvgIpc) is 2.49. The maximum Gasteiger partial charge on any atom is 0.174 e. The normalized spacial score (nSPS) is 11.2. The first kappa shape index (κ1) is 13.1. The highest BCUT2D eigenvalue weighted by atomic mass is 16.3. The molecule has 2 N–H and O–H groups in total. The van der Waals surface area contributed by atoms with Crippen molar-refractivity contribution >= 4 is 16.7 Å². The monoisotopic (exact) mass is 279 g/mol. The van der Waals surface area contributed by atoms with Crippen LogP contribution in [0.1, 0.15) is 5.56 Å². The van der Waals surface area contributed by atoms with Crippen molar-refractivity contribution in [3.63, 3.8) is 0 Å². The minimum atomic E-state index is 0.000389. The molecule has 0 atom stereocenters. The van der Waals surface area contributed by atoms with Crippen LogP contribution in [0, 0.1) is 0 Å². The van der Waals surface area contributed by atoms with E-state index in [4.69, 9.17) is 0 Å². The number of hydrogen-bond acceptors (Lipinski definition) is 5. The molecule has 2 aromatic carbocycles. The summed E-state index contributed by atoms with van der Waals surface area (Å²) in [7, 11) is 0. The van der Waals surface area contributed by atoms with Gasteiger partial charge in [0.25, 0.3) is 0 Å². The lowest BCUT2D eigenvalue weighted by Crippen LogP contribution is -1.82. The largest absolute Gasteiger partial charge is 0.508 e. The fourth-order valence-corrected chi connectivity index (χ4v) is 1.98. The van der Waals surface area contributed by atoms with Crippen molar-refractivity contribution < 1.29 is 10.2 Å². The zero-order chi connectivity index (χ0) is 14.7. The molecule has 0 saturated carbocycles. The van der Waals surface area contributed by atoms with Crippen LogP contribution in [0.25, 0.3) is 10.9 Å². The number of rotatable bonds is 3. The predicted octanol–water partition coefficient (Wildman–Crippen LogP) is 3.93. The maximum absolute atomic E-state index is 9.65. The van der Waals surface area contributed by atoms with E-state index in [1.807, 2.05) is 30.3 Å². The smallest absolute Gasteiger partial charge is 0.174 e. The van der Waals surface area contributed by atoms with E-state index in [2.05, 4.69) is 15.2 Å². The zero-order valence-electron chi connectivity index (χ0n) is 11.1. The van der Waals surface area contributed by atoms with Crippen LogP contribution < -0.4 is 0 Å². The van der Waals surface area contributed by atoms with Crippen molar-refractivity contribution in [2.75, 3.05) is 0 Å². The lowest BCUT2D eigenvalue weighted by molar-refractivity contribution is 0.446. The van der Waals surface area contributed by atoms with Crippen molar-refractivity contribution in [3.8, 4) is 11.5 Å². The number of aromatic hydroxyl groups is 2. The van der Waals surface area contributed by atoms with Gasteiger partial charge in [-0.05, 0) is 30.3 Å². The molecule has 1 aromatic heterocycles. The first-order chi connectivity index (χ1) is 10.2. The molecule has 21 heavy (non-hydrogen) atoms. The summed E-state index contributed by atoms with van der Waals surface area (Å²) in [6.07, 6.45) is 0. The molecule has 0 amide bonds. The molecule has 0 aliphatic heterocycles. The molecule has 0 saturated heterocycles. The first-order valence-electron chi connectivity index (χ1n) is 6.46. The second kappa shape index (κ2) is 5.58. The molecule has 3 aromatic rings. The Morgan fingerprint density at radius 2 is 1.81 bits per heavy atom. The summed E-state index contributed by atoms with van der Waals surface area (Å²) < 4.78 is 0. The van der Waals surface area contributed by atoms with Crippen LogP contribution in [-0.4, -0.2) is 15.2 Å². The second-order valence-corrected chi connectivity index (χ2v) is 4.57. The SMILES string of the molecule is Oc1ccc(CN=Nc2ccc3ccccc3n2)c(O)c1. The van der Waals surface area contributed by atoms with E-state index in [1.165, 1.54) is 12.1 Å². The number of phenolic OH excluding ortho intramolecular Hbond substituents is 2. The number of nitrogens with zero attached hydrogens (tertiary/aromatic N) is 3. The van der Waals surface area contributed by atoms with E-state index in [0.29, 0.717) is 11.4 Å². The molecule has 0 fully saturated rings. The van der Waals surface area contributed by atoms with E-state index in [9.17, 15) is 10.2 Å². The third-order valence-corrected chi connectivity index (χ3v) is 3.07. The number of aromatic nitrogens is 1. The highest BCUT2D eigenvalue weighted by Gasteiger charge is 2.01. The molecule has 104 valence electrons. The molecule has 5 heteroatoms. The minimum Gasteiger partial charge on any atom is -0.508 e. The van der Waals surface area contributed by atoms with Crippen LogP contribution in [0.5, 0.6) is 11.5 Å². The molecule has 0 bridgehead atoms. The Kier molecular flexibility index (Phi) is 3.47. The lowest BCUT2D eigenvalue weighted by atomic mass is 10.2. The number of azo groups is 1. The highest BCUT2D eigenvalue weighted by molar-refractivity contribution is 5.79. The van der Waals surface area contributed by atoms with Crippen molar-refractivity contribution in [1.29, 1.82) is 0 Å². The Balaban J connectivity index is 1.78. The molecule has 3 rings (SSSR count). The third kappa shape index (κ3) is 2.97. The summed E-state index contributed by atoms with van der Waals surface area (Å²) in [5.74, 6) is 0.539. The molecule has 0 unspecified atom stereocenters. The number of hydrogen-bond donors (Lipinski definition) is 2. The number of para-hydroxylation sites is 1. The van der Waals surface area contributed by atoms with Gasteiger partial charge in [-0.25, -0.2) is 4.98 Å². The number of phenols is 2. The highest BCUT2D eigenvalue weighted by Crippen LogP contribution is 2.24. The van der Waals surface area contributed by atoms with Gasteiger partial charge in [-0.15, -0.1) is 5.11 Å². The van der Waals surface area contributed by atoms with Gasteiger partial charge in [-0.3, -0.25) is 0 Å². The van der Waals surface area contributed by atoms with Gasteiger partial charge in [-0.1, -0.05) is 18.2 Å².